The number of carboxylic acid groups (broad SMARTS) is 1. The van der Waals surface area contributed by atoms with Crippen LogP contribution in [0.3, 0.4) is 0 Å². The number of carbonyl (C=O) groups is 2. The van der Waals surface area contributed by atoms with Gasteiger partial charge in [-0.25, -0.2) is 0 Å². The average Bonchev–Trinajstić information content (AvgIpc) is 2.95. The number of aliphatic carboxylic acids is 1. The number of nitrogens with zero attached hydrogens (tertiary/aromatic N) is 3. The number of carbonyl (C=O) groups excluding carboxylic acids is 1. The fourth-order valence-electron chi connectivity index (χ4n) is 3.92. The van der Waals surface area contributed by atoms with Crippen molar-refractivity contribution in [2.45, 2.75) is 51.4 Å². The molecule has 0 aliphatic carbocycles. The first-order valence-corrected chi connectivity index (χ1v) is 9.46. The third kappa shape index (κ3) is 3.88. The number of fused-ring (bicyclic) bond motifs is 2. The van der Waals surface area contributed by atoms with E-state index in [1.165, 1.54) is 11.1 Å². The number of hydrogen-bond acceptors (Lipinski definition) is 4. The smallest absolute Gasteiger partial charge is 0.303 e. The zero-order chi connectivity index (χ0) is 18.8. The molecule has 7 heteroatoms. The molecule has 2 aromatic rings. The second-order valence-corrected chi connectivity index (χ2v) is 7.26. The molecule has 0 unspecified atom stereocenters. The number of hydrogen-bond donors (Lipinski definition) is 2. The van der Waals surface area contributed by atoms with E-state index in [-0.39, 0.29) is 18.4 Å². The maximum absolute atomic E-state index is 13.1. The molecule has 0 spiro atoms. The summed E-state index contributed by atoms with van der Waals surface area (Å²) in [6, 6.07) is 10.0. The Kier molecular flexibility index (Phi) is 4.94. The zero-order valence-electron chi connectivity index (χ0n) is 15.2. The van der Waals surface area contributed by atoms with E-state index in [0.717, 1.165) is 30.9 Å². The van der Waals surface area contributed by atoms with Crippen LogP contribution in [0.25, 0.3) is 0 Å². The summed E-state index contributed by atoms with van der Waals surface area (Å²) in [4.78, 5) is 25.8. The largest absolute Gasteiger partial charge is 0.481 e. The molecule has 0 bridgehead atoms. The second-order valence-electron chi connectivity index (χ2n) is 7.26. The minimum atomic E-state index is -0.821. The molecule has 2 aliphatic heterocycles. The van der Waals surface area contributed by atoms with Gasteiger partial charge in [-0.3, -0.25) is 14.3 Å². The van der Waals surface area contributed by atoms with Gasteiger partial charge in [-0.15, -0.1) is 0 Å². The highest BCUT2D eigenvalue weighted by Gasteiger charge is 2.29. The Balaban J connectivity index is 1.45. The van der Waals surface area contributed by atoms with Crippen LogP contribution in [0, 0.1) is 0 Å². The molecule has 1 atom stereocenters. The third-order valence-corrected chi connectivity index (χ3v) is 5.35. The van der Waals surface area contributed by atoms with E-state index in [1.54, 1.807) is 0 Å². The van der Waals surface area contributed by atoms with Crippen molar-refractivity contribution in [3.8, 4) is 0 Å². The van der Waals surface area contributed by atoms with Gasteiger partial charge in [0.25, 0.3) is 0 Å². The van der Waals surface area contributed by atoms with Gasteiger partial charge in [-0.2, -0.15) is 5.10 Å². The van der Waals surface area contributed by atoms with Gasteiger partial charge in [-0.05, 0) is 30.0 Å². The van der Waals surface area contributed by atoms with Crippen LogP contribution in [0.2, 0.25) is 0 Å². The molecule has 4 rings (SSSR count). The minimum absolute atomic E-state index is 0.0739. The molecule has 0 fully saturated rings. The summed E-state index contributed by atoms with van der Waals surface area (Å²) in [6.07, 6.45) is 2.06. The molecular weight excluding hydrogens is 344 g/mol. The van der Waals surface area contributed by atoms with Gasteiger partial charge < -0.3 is 15.3 Å². The summed E-state index contributed by atoms with van der Waals surface area (Å²) >= 11 is 0. The first-order valence-electron chi connectivity index (χ1n) is 9.46. The second kappa shape index (κ2) is 7.52. The van der Waals surface area contributed by atoms with Crippen molar-refractivity contribution in [1.82, 2.24) is 20.0 Å². The summed E-state index contributed by atoms with van der Waals surface area (Å²) in [5.74, 6) is -0.690. The van der Waals surface area contributed by atoms with Gasteiger partial charge >= 0.3 is 5.97 Å². The normalized spacial score (nSPS) is 19.1. The Bertz CT molecular complexity index is 861. The van der Waals surface area contributed by atoms with Crippen molar-refractivity contribution < 1.29 is 14.7 Å². The van der Waals surface area contributed by atoms with Gasteiger partial charge in [0.2, 0.25) is 5.91 Å². The monoisotopic (exact) mass is 368 g/mol. The Labute approximate surface area is 158 Å². The quantitative estimate of drug-likeness (QED) is 0.851. The fraction of sp³-hybridized carbons (Fsp3) is 0.450. The highest BCUT2D eigenvalue weighted by atomic mass is 16.4. The van der Waals surface area contributed by atoms with Gasteiger partial charge in [0, 0.05) is 26.1 Å². The van der Waals surface area contributed by atoms with E-state index < -0.39 is 5.97 Å². The molecule has 2 aliphatic rings. The van der Waals surface area contributed by atoms with Crippen molar-refractivity contribution in [1.29, 1.82) is 0 Å². The number of nitrogens with one attached hydrogen (secondary N) is 1. The lowest BCUT2D eigenvalue weighted by molar-refractivity contribution is -0.137. The summed E-state index contributed by atoms with van der Waals surface area (Å²) in [7, 11) is 0. The lowest BCUT2D eigenvalue weighted by atomic mass is 9.95. The van der Waals surface area contributed by atoms with Crippen molar-refractivity contribution in [3.63, 3.8) is 0 Å². The number of aromatic nitrogens is 2. The Morgan fingerprint density at radius 3 is 2.85 bits per heavy atom. The SMILES string of the molecule is O=C(O)CCc1cc2n(n1)CCCN(C(=O)[C@H]1Cc3ccccc3CN1)C2. The molecule has 7 nitrogen and oxygen atoms in total. The topological polar surface area (TPSA) is 87.5 Å². The zero-order valence-corrected chi connectivity index (χ0v) is 15.2. The first-order chi connectivity index (χ1) is 13.1. The van der Waals surface area contributed by atoms with E-state index in [1.807, 2.05) is 27.8 Å². The molecule has 1 amide bonds. The predicted octanol–water partition coefficient (Wildman–Crippen LogP) is 1.35. The van der Waals surface area contributed by atoms with Crippen LogP contribution in [0.15, 0.2) is 30.3 Å². The number of aryl methyl sites for hydroxylation is 2. The minimum Gasteiger partial charge on any atom is -0.481 e. The lowest BCUT2D eigenvalue weighted by Crippen LogP contribution is -2.49. The van der Waals surface area contributed by atoms with Gasteiger partial charge in [0.15, 0.2) is 0 Å². The standard InChI is InChI=1S/C20H24N4O3/c25-19(26)7-6-16-11-17-13-23(8-3-9-24(17)22-16)20(27)18-10-14-4-1-2-5-15(14)12-21-18/h1-2,4-5,11,18,21H,3,6-10,12-13H2,(H,25,26)/t18-/m1/s1. The molecule has 2 N–H and O–H groups in total. The summed E-state index contributed by atoms with van der Waals surface area (Å²) in [5.41, 5.74) is 4.27. The highest BCUT2D eigenvalue weighted by molar-refractivity contribution is 5.82. The van der Waals surface area contributed by atoms with Crippen LogP contribution in [0.4, 0.5) is 0 Å². The molecule has 1 aromatic heterocycles. The highest BCUT2D eigenvalue weighted by Crippen LogP contribution is 2.20. The van der Waals surface area contributed by atoms with E-state index in [0.29, 0.717) is 25.9 Å². The molecule has 1 aromatic carbocycles. The van der Waals surface area contributed by atoms with E-state index in [4.69, 9.17) is 5.11 Å². The van der Waals surface area contributed by atoms with Crippen molar-refractivity contribution in [2.75, 3.05) is 6.54 Å². The van der Waals surface area contributed by atoms with Gasteiger partial charge in [0.1, 0.15) is 0 Å². The van der Waals surface area contributed by atoms with Crippen LogP contribution < -0.4 is 5.32 Å². The van der Waals surface area contributed by atoms with Crippen LogP contribution in [-0.2, 0) is 42.1 Å². The lowest BCUT2D eigenvalue weighted by Gasteiger charge is -2.30. The first kappa shape index (κ1) is 17.7. The van der Waals surface area contributed by atoms with E-state index in [9.17, 15) is 9.59 Å². The van der Waals surface area contributed by atoms with Crippen LogP contribution in [0.5, 0.6) is 0 Å². The molecule has 0 saturated heterocycles. The maximum atomic E-state index is 13.1. The van der Waals surface area contributed by atoms with Crippen molar-refractivity contribution >= 4 is 11.9 Å². The van der Waals surface area contributed by atoms with Crippen LogP contribution in [-0.4, -0.2) is 44.3 Å². The maximum Gasteiger partial charge on any atom is 0.303 e. The van der Waals surface area contributed by atoms with Crippen molar-refractivity contribution in [2.24, 2.45) is 0 Å². The van der Waals surface area contributed by atoms with Crippen molar-refractivity contribution in [3.05, 3.63) is 52.8 Å². The molecule has 142 valence electrons. The Morgan fingerprint density at radius 2 is 2.04 bits per heavy atom. The van der Waals surface area contributed by atoms with Crippen LogP contribution in [0.1, 0.15) is 35.4 Å². The van der Waals surface area contributed by atoms with Gasteiger partial charge in [-0.1, -0.05) is 24.3 Å². The predicted molar refractivity (Wildman–Crippen MR) is 99.0 cm³/mol. The molecule has 0 radical (unpaired) electrons. The Morgan fingerprint density at radius 1 is 1.22 bits per heavy atom. The van der Waals surface area contributed by atoms with Gasteiger partial charge in [0.05, 0.1) is 30.4 Å². The summed E-state index contributed by atoms with van der Waals surface area (Å²) in [5, 5.41) is 16.8. The number of carboxylic acids is 1. The number of rotatable bonds is 4. The fourth-order valence-corrected chi connectivity index (χ4v) is 3.92. The molecule has 27 heavy (non-hydrogen) atoms. The van der Waals surface area contributed by atoms with Crippen LogP contribution >= 0.6 is 0 Å². The molecule has 3 heterocycles. The number of amides is 1. The summed E-state index contributed by atoms with van der Waals surface area (Å²) < 4.78 is 1.92. The third-order valence-electron chi connectivity index (χ3n) is 5.35. The number of benzene rings is 1. The molecular formula is C20H24N4O3. The summed E-state index contributed by atoms with van der Waals surface area (Å²) in [6.45, 7) is 2.72. The average molecular weight is 368 g/mol. The van der Waals surface area contributed by atoms with E-state index >= 15 is 0 Å². The Hall–Kier alpha value is -2.67. The van der Waals surface area contributed by atoms with E-state index in [2.05, 4.69) is 22.5 Å². The molecule has 0 saturated carbocycles.